The van der Waals surface area contributed by atoms with Gasteiger partial charge in [-0.25, -0.2) is 0 Å². The quantitative estimate of drug-likeness (QED) is 0.883. The van der Waals surface area contributed by atoms with Gasteiger partial charge in [-0.15, -0.1) is 0 Å². The van der Waals surface area contributed by atoms with Crippen molar-refractivity contribution in [1.82, 2.24) is 14.8 Å². The summed E-state index contributed by atoms with van der Waals surface area (Å²) >= 11 is 0. The molecule has 6 heteroatoms. The van der Waals surface area contributed by atoms with E-state index in [-0.39, 0.29) is 17.0 Å². The van der Waals surface area contributed by atoms with E-state index in [0.29, 0.717) is 18.5 Å². The number of hydrogen-bond donors (Lipinski definition) is 1. The third-order valence-electron chi connectivity index (χ3n) is 4.99. The van der Waals surface area contributed by atoms with Crippen LogP contribution in [0.5, 0.6) is 0 Å². The highest BCUT2D eigenvalue weighted by molar-refractivity contribution is 5.93. The fraction of sp³-hybridized carbons (Fsp3) is 0.647. The summed E-state index contributed by atoms with van der Waals surface area (Å²) in [7, 11) is 1.65. The highest BCUT2D eigenvalue weighted by Gasteiger charge is 2.27. The number of ether oxygens (including phenoxy) is 1. The lowest BCUT2D eigenvalue weighted by Crippen LogP contribution is -2.44. The van der Waals surface area contributed by atoms with Gasteiger partial charge in [-0.1, -0.05) is 0 Å². The number of pyridine rings is 1. The molecule has 3 rings (SSSR count). The molecule has 0 unspecified atom stereocenters. The van der Waals surface area contributed by atoms with Crippen LogP contribution in [0, 0.1) is 5.92 Å². The maximum Gasteiger partial charge on any atom is 0.263 e. The summed E-state index contributed by atoms with van der Waals surface area (Å²) in [5, 5.41) is 2.93. The molecule has 0 saturated carbocycles. The van der Waals surface area contributed by atoms with Crippen LogP contribution in [0.1, 0.15) is 29.6 Å². The van der Waals surface area contributed by atoms with Crippen molar-refractivity contribution < 1.29 is 9.53 Å². The molecule has 1 aromatic heterocycles. The zero-order valence-corrected chi connectivity index (χ0v) is 13.7. The van der Waals surface area contributed by atoms with Gasteiger partial charge in [-0.05, 0) is 50.4 Å². The minimum absolute atomic E-state index is 0.218. The van der Waals surface area contributed by atoms with Gasteiger partial charge in [0.1, 0.15) is 5.56 Å². The number of carbonyl (C=O) groups excluding carboxylic acids is 1. The summed E-state index contributed by atoms with van der Waals surface area (Å²) < 4.78 is 6.88. The summed E-state index contributed by atoms with van der Waals surface area (Å²) in [6, 6.07) is 3.89. The van der Waals surface area contributed by atoms with Gasteiger partial charge in [0.05, 0.1) is 6.61 Å². The highest BCUT2D eigenvalue weighted by atomic mass is 16.5. The molecule has 3 heterocycles. The van der Waals surface area contributed by atoms with Gasteiger partial charge in [0.2, 0.25) is 0 Å². The Balaban J connectivity index is 1.47. The maximum atomic E-state index is 12.2. The zero-order valence-electron chi connectivity index (χ0n) is 13.7. The van der Waals surface area contributed by atoms with Crippen LogP contribution in [0.3, 0.4) is 0 Å². The average Bonchev–Trinajstić information content (AvgIpc) is 3.10. The van der Waals surface area contributed by atoms with Crippen molar-refractivity contribution >= 4 is 5.91 Å². The summed E-state index contributed by atoms with van der Waals surface area (Å²) in [6.07, 6.45) is 4.97. The number of aromatic nitrogens is 1. The third kappa shape index (κ3) is 3.82. The molecule has 1 amide bonds. The van der Waals surface area contributed by atoms with E-state index in [1.165, 1.54) is 4.57 Å². The summed E-state index contributed by atoms with van der Waals surface area (Å²) in [6.45, 7) is 4.53. The maximum absolute atomic E-state index is 12.2. The molecule has 0 aromatic carbocycles. The van der Waals surface area contributed by atoms with E-state index in [1.54, 1.807) is 25.4 Å². The average molecular weight is 319 g/mol. The Morgan fingerprint density at radius 3 is 2.83 bits per heavy atom. The smallest absolute Gasteiger partial charge is 0.263 e. The molecular weight excluding hydrogens is 294 g/mol. The number of nitrogens with one attached hydrogen (secondary N) is 1. The second-order valence-corrected chi connectivity index (χ2v) is 6.54. The largest absolute Gasteiger partial charge is 0.380 e. The lowest BCUT2D eigenvalue weighted by Gasteiger charge is -2.35. The molecular formula is C17H25N3O3. The van der Waals surface area contributed by atoms with E-state index >= 15 is 0 Å². The number of hydrogen-bond acceptors (Lipinski definition) is 4. The van der Waals surface area contributed by atoms with E-state index in [1.807, 2.05) is 0 Å². The first-order chi connectivity index (χ1) is 11.1. The topological polar surface area (TPSA) is 63.6 Å². The molecule has 23 heavy (non-hydrogen) atoms. The second kappa shape index (κ2) is 7.27. The molecule has 1 aromatic rings. The molecule has 1 atom stereocenters. The van der Waals surface area contributed by atoms with E-state index in [2.05, 4.69) is 10.2 Å². The van der Waals surface area contributed by atoms with Crippen molar-refractivity contribution in [1.29, 1.82) is 0 Å². The first kappa shape index (κ1) is 16.2. The minimum Gasteiger partial charge on any atom is -0.380 e. The van der Waals surface area contributed by atoms with Crippen molar-refractivity contribution in [2.45, 2.75) is 25.3 Å². The fourth-order valence-corrected chi connectivity index (χ4v) is 3.43. The molecule has 2 fully saturated rings. The predicted molar refractivity (Wildman–Crippen MR) is 87.5 cm³/mol. The third-order valence-corrected chi connectivity index (χ3v) is 4.99. The monoisotopic (exact) mass is 319 g/mol. The first-order valence-corrected chi connectivity index (χ1v) is 8.41. The molecule has 126 valence electrons. The highest BCUT2D eigenvalue weighted by Crippen LogP contribution is 2.21. The number of carbonyl (C=O) groups is 1. The number of likely N-dealkylation sites (tertiary alicyclic amines) is 1. The van der Waals surface area contributed by atoms with E-state index < -0.39 is 0 Å². The van der Waals surface area contributed by atoms with Crippen LogP contribution in [0.15, 0.2) is 23.1 Å². The normalized spacial score (nSPS) is 23.1. The fourth-order valence-electron chi connectivity index (χ4n) is 3.43. The van der Waals surface area contributed by atoms with Crippen molar-refractivity contribution in [3.8, 4) is 0 Å². The van der Waals surface area contributed by atoms with Crippen LogP contribution in [0.25, 0.3) is 0 Å². The SMILES string of the molecule is Cn1cccc(C(=O)NCC2CCN([C@@H]3CCOC3)CC2)c1=O. The van der Waals surface area contributed by atoms with Gasteiger partial charge in [0.15, 0.2) is 0 Å². The van der Waals surface area contributed by atoms with E-state index in [9.17, 15) is 9.59 Å². The molecule has 0 aliphatic carbocycles. The van der Waals surface area contributed by atoms with Crippen molar-refractivity contribution in [2.75, 3.05) is 32.8 Å². The number of piperidine rings is 1. The van der Waals surface area contributed by atoms with Gasteiger partial charge in [-0.2, -0.15) is 0 Å². The molecule has 2 saturated heterocycles. The lowest BCUT2D eigenvalue weighted by atomic mass is 9.95. The van der Waals surface area contributed by atoms with E-state index in [4.69, 9.17) is 4.74 Å². The number of rotatable bonds is 4. The number of amides is 1. The predicted octanol–water partition coefficient (Wildman–Crippen LogP) is 0.616. The lowest BCUT2D eigenvalue weighted by molar-refractivity contribution is 0.0909. The molecule has 1 N–H and O–H groups in total. The summed E-state index contributed by atoms with van der Waals surface area (Å²) in [5.41, 5.74) is -0.0309. The molecule has 6 nitrogen and oxygen atoms in total. The Kier molecular flexibility index (Phi) is 5.13. The minimum atomic E-state index is -0.266. The van der Waals surface area contributed by atoms with Crippen molar-refractivity contribution in [3.63, 3.8) is 0 Å². The standard InChI is InChI=1S/C17H25N3O3/c1-19-7-2-3-15(17(19)22)16(21)18-11-13-4-8-20(9-5-13)14-6-10-23-12-14/h2-3,7,13-14H,4-6,8-12H2,1H3,(H,18,21)/t14-/m1/s1. The van der Waals surface area contributed by atoms with Crippen molar-refractivity contribution in [2.24, 2.45) is 13.0 Å². The Hall–Kier alpha value is -1.66. The second-order valence-electron chi connectivity index (χ2n) is 6.54. The summed E-state index contributed by atoms with van der Waals surface area (Å²) in [4.78, 5) is 26.6. The zero-order chi connectivity index (χ0) is 16.2. The Bertz CT molecular complexity index is 599. The van der Waals surface area contributed by atoms with Gasteiger partial charge >= 0.3 is 0 Å². The van der Waals surface area contributed by atoms with Crippen LogP contribution in [-0.2, 0) is 11.8 Å². The Morgan fingerprint density at radius 1 is 1.35 bits per heavy atom. The van der Waals surface area contributed by atoms with Gasteiger partial charge in [0, 0.05) is 32.4 Å². The molecule has 0 radical (unpaired) electrons. The van der Waals surface area contributed by atoms with Crippen LogP contribution in [0.4, 0.5) is 0 Å². The molecule has 2 aliphatic rings. The van der Waals surface area contributed by atoms with Crippen molar-refractivity contribution in [3.05, 3.63) is 34.2 Å². The van der Waals surface area contributed by atoms with E-state index in [0.717, 1.165) is 45.6 Å². The summed E-state index contributed by atoms with van der Waals surface area (Å²) in [5.74, 6) is 0.225. The van der Waals surface area contributed by atoms with Crippen LogP contribution in [0.2, 0.25) is 0 Å². The Labute approximate surface area is 136 Å². The van der Waals surface area contributed by atoms with Gasteiger partial charge in [0.25, 0.3) is 11.5 Å². The van der Waals surface area contributed by atoms with Crippen LogP contribution >= 0.6 is 0 Å². The van der Waals surface area contributed by atoms with Crippen LogP contribution < -0.4 is 10.9 Å². The van der Waals surface area contributed by atoms with Crippen LogP contribution in [-0.4, -0.2) is 54.3 Å². The number of nitrogens with zero attached hydrogens (tertiary/aromatic N) is 2. The molecule has 0 spiro atoms. The van der Waals surface area contributed by atoms with Gasteiger partial charge < -0.3 is 14.6 Å². The number of aryl methyl sites for hydroxylation is 1. The van der Waals surface area contributed by atoms with Gasteiger partial charge in [-0.3, -0.25) is 14.5 Å². The first-order valence-electron chi connectivity index (χ1n) is 8.41. The Morgan fingerprint density at radius 2 is 2.13 bits per heavy atom. The molecule has 0 bridgehead atoms. The molecule has 2 aliphatic heterocycles.